The summed E-state index contributed by atoms with van der Waals surface area (Å²) >= 11 is 2.55. The van der Waals surface area contributed by atoms with E-state index >= 15 is 0 Å². The summed E-state index contributed by atoms with van der Waals surface area (Å²) in [4.78, 5) is 15.3. The highest BCUT2D eigenvalue weighted by Gasteiger charge is 2.49. The van der Waals surface area contributed by atoms with Crippen LogP contribution in [0.1, 0.15) is 45.1 Å². The van der Waals surface area contributed by atoms with Crippen molar-refractivity contribution in [2.24, 2.45) is 0 Å². The Morgan fingerprint density at radius 3 is 2.40 bits per heavy atom. The molecule has 2 aliphatic heterocycles. The third-order valence-corrected chi connectivity index (χ3v) is 12.1. The third-order valence-electron chi connectivity index (χ3n) is 6.23. The summed E-state index contributed by atoms with van der Waals surface area (Å²) in [6.07, 6.45) is 2.13. The van der Waals surface area contributed by atoms with Gasteiger partial charge in [-0.1, -0.05) is 73.7 Å². The van der Waals surface area contributed by atoms with Crippen molar-refractivity contribution in [3.8, 4) is 0 Å². The number of rotatable bonds is 3. The quantitative estimate of drug-likeness (QED) is 0.354. The molecule has 2 aliphatic rings. The smallest absolute Gasteiger partial charge is 0.230 e. The minimum atomic E-state index is -1.80. The van der Waals surface area contributed by atoms with Crippen LogP contribution >= 0.6 is 22.6 Å². The molecule has 4 atom stereocenters. The monoisotopic (exact) mass is 471 g/mol. The summed E-state index contributed by atoms with van der Waals surface area (Å²) in [6, 6.07) is 10.6. The largest absolute Gasteiger partial charge is 0.412 e. The fraction of sp³-hybridized carbons (Fsp3) is 0.650. The molecule has 1 amide bonds. The predicted molar refractivity (Wildman–Crippen MR) is 114 cm³/mol. The summed E-state index contributed by atoms with van der Waals surface area (Å²) in [6.45, 7) is 12.2. The van der Waals surface area contributed by atoms with Crippen LogP contribution in [0.15, 0.2) is 30.3 Å². The lowest BCUT2D eigenvalue weighted by atomic mass is 9.87. The first-order valence-corrected chi connectivity index (χ1v) is 13.4. The number of alkyl halides is 1. The summed E-state index contributed by atoms with van der Waals surface area (Å²) in [5, 5.41) is 0.205. The van der Waals surface area contributed by atoms with Crippen LogP contribution in [-0.4, -0.2) is 41.7 Å². The topological polar surface area (TPSA) is 29.5 Å². The van der Waals surface area contributed by atoms with E-state index < -0.39 is 8.32 Å². The molecule has 3 nitrogen and oxygen atoms in total. The van der Waals surface area contributed by atoms with Crippen molar-refractivity contribution in [1.82, 2.24) is 4.90 Å². The van der Waals surface area contributed by atoms with E-state index in [1.54, 1.807) is 0 Å². The van der Waals surface area contributed by atoms with Crippen molar-refractivity contribution in [2.45, 2.75) is 73.7 Å². The van der Waals surface area contributed by atoms with Gasteiger partial charge in [-0.05, 0) is 36.5 Å². The van der Waals surface area contributed by atoms with Gasteiger partial charge in [0, 0.05) is 16.5 Å². The Kier molecular flexibility index (Phi) is 5.39. The lowest BCUT2D eigenvalue weighted by molar-refractivity contribution is -0.136. The fourth-order valence-corrected chi connectivity index (χ4v) is 6.30. The van der Waals surface area contributed by atoms with Gasteiger partial charge >= 0.3 is 0 Å². The Morgan fingerprint density at radius 1 is 1.16 bits per heavy atom. The van der Waals surface area contributed by atoms with Crippen LogP contribution in [0.5, 0.6) is 0 Å². The summed E-state index contributed by atoms with van der Waals surface area (Å²) in [5.41, 5.74) is 1.15. The minimum Gasteiger partial charge on any atom is -0.412 e. The number of fused-ring (bicyclic) bond motifs is 1. The van der Waals surface area contributed by atoms with E-state index in [9.17, 15) is 4.79 Å². The normalized spacial score (nSPS) is 30.5. The van der Waals surface area contributed by atoms with Crippen molar-refractivity contribution < 1.29 is 9.22 Å². The molecule has 0 bridgehead atoms. The van der Waals surface area contributed by atoms with E-state index in [0.29, 0.717) is 15.9 Å². The van der Waals surface area contributed by atoms with Gasteiger partial charge in [-0.25, -0.2) is 0 Å². The molecule has 1 aromatic carbocycles. The van der Waals surface area contributed by atoms with Gasteiger partial charge in [0.25, 0.3) is 0 Å². The SMILES string of the molecule is CC(C)(C)[Si](C)(C)O[C@@H]1C[C@@H]2[C@@H](I)C[C@@H](c3ccccc3)C(=O)N2C1. The van der Waals surface area contributed by atoms with Crippen LogP contribution < -0.4 is 0 Å². The third kappa shape index (κ3) is 3.83. The lowest BCUT2D eigenvalue weighted by Gasteiger charge is -2.38. The molecule has 0 spiro atoms. The molecule has 2 heterocycles. The first-order valence-electron chi connectivity index (χ1n) is 9.27. The molecule has 0 radical (unpaired) electrons. The van der Waals surface area contributed by atoms with E-state index in [2.05, 4.69) is 73.5 Å². The Hall–Kier alpha value is -0.403. The van der Waals surface area contributed by atoms with Gasteiger partial charge in [0.1, 0.15) is 0 Å². The zero-order valence-corrected chi connectivity index (χ0v) is 19.1. The van der Waals surface area contributed by atoms with E-state index in [-0.39, 0.29) is 17.1 Å². The van der Waals surface area contributed by atoms with Crippen molar-refractivity contribution in [1.29, 1.82) is 0 Å². The van der Waals surface area contributed by atoms with E-state index in [1.807, 2.05) is 18.2 Å². The van der Waals surface area contributed by atoms with Crippen LogP contribution in [0, 0.1) is 0 Å². The predicted octanol–water partition coefficient (Wildman–Crippen LogP) is 4.97. The Bertz CT molecular complexity index is 628. The number of hydrogen-bond donors (Lipinski definition) is 0. The molecule has 3 rings (SSSR count). The lowest BCUT2D eigenvalue weighted by Crippen LogP contribution is -2.49. The number of nitrogens with zero attached hydrogens (tertiary/aromatic N) is 1. The number of amides is 1. The van der Waals surface area contributed by atoms with Gasteiger partial charge in [0.05, 0.1) is 12.0 Å². The van der Waals surface area contributed by atoms with Crippen LogP contribution in [0.2, 0.25) is 18.1 Å². The maximum atomic E-state index is 13.1. The highest BCUT2D eigenvalue weighted by molar-refractivity contribution is 14.1. The molecule has 5 heteroatoms. The Labute approximate surface area is 166 Å². The van der Waals surface area contributed by atoms with E-state index in [0.717, 1.165) is 24.9 Å². The fourth-order valence-electron chi connectivity index (χ4n) is 3.75. The number of piperidine rings is 1. The summed E-state index contributed by atoms with van der Waals surface area (Å²) in [7, 11) is -1.80. The first-order chi connectivity index (χ1) is 11.6. The second-order valence-electron chi connectivity index (χ2n) is 9.01. The van der Waals surface area contributed by atoms with Crippen LogP contribution in [0.4, 0.5) is 0 Å². The van der Waals surface area contributed by atoms with E-state index in [4.69, 9.17) is 4.43 Å². The molecule has 2 fully saturated rings. The summed E-state index contributed by atoms with van der Waals surface area (Å²) in [5.74, 6) is 0.302. The van der Waals surface area contributed by atoms with Crippen LogP contribution in [0.25, 0.3) is 0 Å². The highest BCUT2D eigenvalue weighted by Crippen LogP contribution is 2.43. The second kappa shape index (κ2) is 6.96. The van der Waals surface area contributed by atoms with Gasteiger partial charge in [0.15, 0.2) is 8.32 Å². The van der Waals surface area contributed by atoms with Gasteiger partial charge in [-0.2, -0.15) is 0 Å². The molecule has 0 aromatic heterocycles. The average molecular weight is 471 g/mol. The van der Waals surface area contributed by atoms with Crippen molar-refractivity contribution >= 4 is 36.8 Å². The maximum Gasteiger partial charge on any atom is 0.230 e. The molecule has 0 saturated carbocycles. The van der Waals surface area contributed by atoms with Crippen molar-refractivity contribution in [2.75, 3.05) is 6.54 Å². The minimum absolute atomic E-state index is 0.00553. The standard InChI is InChI=1S/C20H30INO2Si/c1-20(2,3)25(4,5)24-15-11-18-17(21)12-16(19(23)22(18)13-15)14-9-7-6-8-10-14/h6-10,15-18H,11-13H2,1-5H3/t15-,16+,17+,18-/m1/s1. The number of halogens is 1. The molecule has 138 valence electrons. The van der Waals surface area contributed by atoms with Crippen LogP contribution in [0.3, 0.4) is 0 Å². The number of carbonyl (C=O) groups is 1. The molecule has 0 N–H and O–H groups in total. The van der Waals surface area contributed by atoms with Crippen molar-refractivity contribution in [3.63, 3.8) is 0 Å². The maximum absolute atomic E-state index is 13.1. The summed E-state index contributed by atoms with van der Waals surface area (Å²) < 4.78 is 7.13. The molecule has 0 aliphatic carbocycles. The highest BCUT2D eigenvalue weighted by atomic mass is 127. The molecule has 0 unspecified atom stereocenters. The molecule has 1 aromatic rings. The molecular formula is C20H30INO2Si. The number of benzene rings is 1. The zero-order chi connectivity index (χ0) is 18.4. The zero-order valence-electron chi connectivity index (χ0n) is 16.0. The molecular weight excluding hydrogens is 441 g/mol. The molecule has 2 saturated heterocycles. The van der Waals surface area contributed by atoms with Crippen molar-refractivity contribution in [3.05, 3.63) is 35.9 Å². The van der Waals surface area contributed by atoms with Gasteiger partial charge in [-0.3, -0.25) is 4.79 Å². The van der Waals surface area contributed by atoms with Gasteiger partial charge < -0.3 is 9.33 Å². The van der Waals surface area contributed by atoms with E-state index in [1.165, 1.54) is 0 Å². The average Bonchev–Trinajstić information content (AvgIpc) is 2.94. The second-order valence-corrected chi connectivity index (χ2v) is 15.4. The Morgan fingerprint density at radius 2 is 1.80 bits per heavy atom. The van der Waals surface area contributed by atoms with Crippen LogP contribution in [-0.2, 0) is 9.22 Å². The van der Waals surface area contributed by atoms with Gasteiger partial charge in [-0.15, -0.1) is 0 Å². The molecule has 25 heavy (non-hydrogen) atoms. The number of carbonyl (C=O) groups excluding carboxylic acids is 1. The number of hydrogen-bond acceptors (Lipinski definition) is 2. The first kappa shape index (κ1) is 19.4. The Balaban J connectivity index is 1.75. The van der Waals surface area contributed by atoms with Gasteiger partial charge in [0.2, 0.25) is 5.91 Å².